The molecule has 5 nitrogen and oxygen atoms in total. The molecule has 0 bridgehead atoms. The quantitative estimate of drug-likeness (QED) is 0.797. The van der Waals surface area contributed by atoms with Crippen LogP contribution in [0.1, 0.15) is 17.9 Å². The van der Waals surface area contributed by atoms with Crippen LogP contribution in [0.15, 0.2) is 65.2 Å². The highest BCUT2D eigenvalue weighted by Gasteiger charge is 2.29. The lowest BCUT2D eigenvalue weighted by atomic mass is 9.87. The van der Waals surface area contributed by atoms with Crippen molar-refractivity contribution in [2.24, 2.45) is 0 Å². The first-order valence-corrected chi connectivity index (χ1v) is 9.60. The van der Waals surface area contributed by atoms with Crippen molar-refractivity contribution in [3.05, 3.63) is 75.8 Å². The van der Waals surface area contributed by atoms with E-state index in [4.69, 9.17) is 11.6 Å². The molecule has 2 N–H and O–H groups in total. The minimum Gasteiger partial charge on any atom is -0.325 e. The third-order valence-corrected chi connectivity index (χ3v) is 5.30. The molecule has 1 aliphatic rings. The standard InChI is InChI=1S/C20H16ClN3O2S/c21-14-6-8-15(9-7-14)23-19(26)12-27-20-17(11-22)16(10-18(25)24-20)13-4-2-1-3-5-13/h1-9,16H,10,12H2,(H,23,26)(H,24,25)/t16-/m0/s1. The van der Waals surface area contributed by atoms with Gasteiger partial charge >= 0.3 is 0 Å². The first kappa shape index (κ1) is 19.0. The maximum atomic E-state index is 12.2. The number of hydrogen-bond donors (Lipinski definition) is 2. The lowest BCUT2D eigenvalue weighted by molar-refractivity contribution is -0.121. The third kappa shape index (κ3) is 4.91. The van der Waals surface area contributed by atoms with E-state index in [1.165, 1.54) is 0 Å². The summed E-state index contributed by atoms with van der Waals surface area (Å²) in [4.78, 5) is 24.3. The van der Waals surface area contributed by atoms with Gasteiger partial charge in [-0.05, 0) is 29.8 Å². The molecule has 0 aromatic heterocycles. The highest BCUT2D eigenvalue weighted by Crippen LogP contribution is 2.35. The Bertz CT molecular complexity index is 920. The topological polar surface area (TPSA) is 82.0 Å². The Kier molecular flexibility index (Phi) is 6.17. The zero-order chi connectivity index (χ0) is 19.2. The Balaban J connectivity index is 1.72. The van der Waals surface area contributed by atoms with Gasteiger partial charge in [0.15, 0.2) is 0 Å². The van der Waals surface area contributed by atoms with Crippen LogP contribution in [0, 0.1) is 11.3 Å². The molecule has 2 aromatic carbocycles. The van der Waals surface area contributed by atoms with Crippen molar-refractivity contribution in [1.29, 1.82) is 5.26 Å². The zero-order valence-corrected chi connectivity index (χ0v) is 15.8. The van der Waals surface area contributed by atoms with E-state index in [9.17, 15) is 14.9 Å². The van der Waals surface area contributed by atoms with Crippen molar-refractivity contribution in [3.8, 4) is 6.07 Å². The van der Waals surface area contributed by atoms with E-state index < -0.39 is 0 Å². The number of carbonyl (C=O) groups is 2. The van der Waals surface area contributed by atoms with Crippen molar-refractivity contribution < 1.29 is 9.59 Å². The maximum Gasteiger partial charge on any atom is 0.234 e. The SMILES string of the molecule is N#CC1=C(SCC(=O)Nc2ccc(Cl)cc2)NC(=O)C[C@H]1c1ccccc1. The van der Waals surface area contributed by atoms with Crippen LogP contribution in [0.4, 0.5) is 5.69 Å². The number of anilines is 1. The summed E-state index contributed by atoms with van der Waals surface area (Å²) in [5.74, 6) is -0.622. The number of thioether (sulfide) groups is 1. The number of allylic oxidation sites excluding steroid dienone is 1. The molecule has 2 amide bonds. The van der Waals surface area contributed by atoms with E-state index in [0.717, 1.165) is 17.3 Å². The molecule has 0 saturated heterocycles. The molecule has 0 unspecified atom stereocenters. The second-order valence-electron chi connectivity index (χ2n) is 5.91. The smallest absolute Gasteiger partial charge is 0.234 e. The first-order valence-electron chi connectivity index (χ1n) is 8.24. The number of nitrogens with zero attached hydrogens (tertiary/aromatic N) is 1. The number of amides is 2. The van der Waals surface area contributed by atoms with Gasteiger partial charge < -0.3 is 10.6 Å². The van der Waals surface area contributed by atoms with Gasteiger partial charge in [-0.1, -0.05) is 53.7 Å². The number of nitriles is 1. The Morgan fingerprint density at radius 3 is 2.59 bits per heavy atom. The monoisotopic (exact) mass is 397 g/mol. The summed E-state index contributed by atoms with van der Waals surface area (Å²) in [7, 11) is 0. The molecule has 27 heavy (non-hydrogen) atoms. The van der Waals surface area contributed by atoms with Crippen LogP contribution in [-0.4, -0.2) is 17.6 Å². The van der Waals surface area contributed by atoms with Crippen LogP contribution in [0.25, 0.3) is 0 Å². The second kappa shape index (κ2) is 8.76. The van der Waals surface area contributed by atoms with Gasteiger partial charge in [0.25, 0.3) is 0 Å². The molecule has 136 valence electrons. The Hall–Kier alpha value is -2.75. The van der Waals surface area contributed by atoms with Crippen LogP contribution in [0.5, 0.6) is 0 Å². The van der Waals surface area contributed by atoms with Crippen LogP contribution in [-0.2, 0) is 9.59 Å². The van der Waals surface area contributed by atoms with Crippen molar-refractivity contribution in [3.63, 3.8) is 0 Å². The average Bonchev–Trinajstić information content (AvgIpc) is 2.68. The van der Waals surface area contributed by atoms with Crippen LogP contribution >= 0.6 is 23.4 Å². The minimum absolute atomic E-state index is 0.0743. The summed E-state index contributed by atoms with van der Waals surface area (Å²) in [5.41, 5.74) is 2.02. The van der Waals surface area contributed by atoms with E-state index in [1.807, 2.05) is 30.3 Å². The van der Waals surface area contributed by atoms with Gasteiger partial charge in [0.05, 0.1) is 22.4 Å². The fourth-order valence-electron chi connectivity index (χ4n) is 2.77. The molecule has 1 heterocycles. The number of nitrogens with one attached hydrogen (secondary N) is 2. The van der Waals surface area contributed by atoms with Gasteiger partial charge in [-0.15, -0.1) is 0 Å². The van der Waals surface area contributed by atoms with E-state index >= 15 is 0 Å². The average molecular weight is 398 g/mol. The van der Waals surface area contributed by atoms with Crippen molar-refractivity contribution >= 4 is 40.9 Å². The predicted octanol–water partition coefficient (Wildman–Crippen LogP) is 4.05. The van der Waals surface area contributed by atoms with Crippen LogP contribution in [0.2, 0.25) is 5.02 Å². The summed E-state index contributed by atoms with van der Waals surface area (Å²) < 4.78 is 0. The Morgan fingerprint density at radius 2 is 1.93 bits per heavy atom. The molecule has 7 heteroatoms. The molecule has 1 atom stereocenters. The molecular weight excluding hydrogens is 382 g/mol. The molecule has 0 radical (unpaired) electrons. The molecule has 0 saturated carbocycles. The summed E-state index contributed by atoms with van der Waals surface area (Å²) in [6.45, 7) is 0. The normalized spacial score (nSPS) is 16.4. The van der Waals surface area contributed by atoms with Crippen molar-refractivity contribution in [2.75, 3.05) is 11.1 Å². The van der Waals surface area contributed by atoms with E-state index in [1.54, 1.807) is 24.3 Å². The lowest BCUT2D eigenvalue weighted by Crippen LogP contribution is -2.31. The minimum atomic E-state index is -0.299. The van der Waals surface area contributed by atoms with Gasteiger partial charge in [0.2, 0.25) is 11.8 Å². The van der Waals surface area contributed by atoms with Gasteiger partial charge in [-0.2, -0.15) is 5.26 Å². The van der Waals surface area contributed by atoms with Crippen LogP contribution in [0.3, 0.4) is 0 Å². The van der Waals surface area contributed by atoms with Crippen molar-refractivity contribution in [2.45, 2.75) is 12.3 Å². The van der Waals surface area contributed by atoms with Crippen molar-refractivity contribution in [1.82, 2.24) is 5.32 Å². The molecule has 0 fully saturated rings. The summed E-state index contributed by atoms with van der Waals surface area (Å²) in [5, 5.41) is 16.1. The fraction of sp³-hybridized carbons (Fsp3) is 0.150. The highest BCUT2D eigenvalue weighted by molar-refractivity contribution is 8.03. The molecule has 0 spiro atoms. The number of halogens is 1. The highest BCUT2D eigenvalue weighted by atomic mass is 35.5. The predicted molar refractivity (Wildman–Crippen MR) is 107 cm³/mol. The van der Waals surface area contributed by atoms with Gasteiger partial charge in [0.1, 0.15) is 0 Å². The first-order chi connectivity index (χ1) is 13.1. The maximum absolute atomic E-state index is 12.2. The molecule has 2 aromatic rings. The van der Waals surface area contributed by atoms with E-state index in [2.05, 4.69) is 16.7 Å². The fourth-order valence-corrected chi connectivity index (χ4v) is 3.77. The summed E-state index contributed by atoms with van der Waals surface area (Å²) >= 11 is 6.98. The molecule has 1 aliphatic heterocycles. The van der Waals surface area contributed by atoms with E-state index in [0.29, 0.717) is 21.3 Å². The second-order valence-corrected chi connectivity index (χ2v) is 7.34. The number of hydrogen-bond acceptors (Lipinski definition) is 4. The number of rotatable bonds is 5. The molecular formula is C20H16ClN3O2S. The lowest BCUT2D eigenvalue weighted by Gasteiger charge is -2.25. The van der Waals surface area contributed by atoms with Gasteiger partial charge in [-0.3, -0.25) is 9.59 Å². The number of carbonyl (C=O) groups excluding carboxylic acids is 2. The largest absolute Gasteiger partial charge is 0.325 e. The number of benzene rings is 2. The third-order valence-electron chi connectivity index (χ3n) is 4.03. The van der Waals surface area contributed by atoms with Crippen LogP contribution < -0.4 is 10.6 Å². The Morgan fingerprint density at radius 1 is 1.22 bits per heavy atom. The summed E-state index contributed by atoms with van der Waals surface area (Å²) in [6.07, 6.45) is 0.216. The van der Waals surface area contributed by atoms with E-state index in [-0.39, 0.29) is 29.9 Å². The molecule has 3 rings (SSSR count). The van der Waals surface area contributed by atoms with Gasteiger partial charge in [-0.25, -0.2) is 0 Å². The zero-order valence-electron chi connectivity index (χ0n) is 14.2. The Labute approximate surface area is 166 Å². The molecule has 0 aliphatic carbocycles. The summed E-state index contributed by atoms with van der Waals surface area (Å²) in [6, 6.07) is 18.4. The van der Waals surface area contributed by atoms with Gasteiger partial charge in [0, 0.05) is 23.0 Å².